The maximum Gasteiger partial charge on any atom is 0.240 e. The van der Waals surface area contributed by atoms with Crippen molar-refractivity contribution >= 4 is 15.7 Å². The van der Waals surface area contributed by atoms with Gasteiger partial charge in [-0.25, -0.2) is 13.1 Å². The molecule has 0 radical (unpaired) electrons. The minimum atomic E-state index is -3.36. The summed E-state index contributed by atoms with van der Waals surface area (Å²) in [6.45, 7) is 2.01. The zero-order valence-electron chi connectivity index (χ0n) is 10.4. The highest BCUT2D eigenvalue weighted by Crippen LogP contribution is 2.18. The molecule has 0 aliphatic carbocycles. The molecule has 1 fully saturated rings. The molecule has 3 N–H and O–H groups in total. The maximum atomic E-state index is 11.7. The molecule has 1 aromatic carbocycles. The van der Waals surface area contributed by atoms with E-state index in [9.17, 15) is 8.42 Å². The molecule has 1 saturated heterocycles. The smallest absolute Gasteiger partial charge is 0.240 e. The Bertz CT molecular complexity index is 496. The molecule has 100 valence electrons. The summed E-state index contributed by atoms with van der Waals surface area (Å²) in [4.78, 5) is 0.295. The third-order valence-corrected chi connectivity index (χ3v) is 4.54. The van der Waals surface area contributed by atoms with Crippen molar-refractivity contribution in [3.63, 3.8) is 0 Å². The van der Waals surface area contributed by atoms with Crippen LogP contribution >= 0.6 is 0 Å². The lowest BCUT2D eigenvalue weighted by Gasteiger charge is -2.24. The van der Waals surface area contributed by atoms with Gasteiger partial charge in [0.25, 0.3) is 0 Å². The first kappa shape index (κ1) is 13.3. The Labute approximate surface area is 108 Å². The molecule has 1 aliphatic rings. The maximum absolute atomic E-state index is 11.7. The Morgan fingerprint density at radius 2 is 2.00 bits per heavy atom. The van der Waals surface area contributed by atoms with Crippen molar-refractivity contribution in [2.75, 3.05) is 25.5 Å². The normalized spacial score (nSPS) is 17.6. The lowest BCUT2D eigenvalue weighted by molar-refractivity contribution is 0.479. The van der Waals surface area contributed by atoms with Crippen LogP contribution in [0.5, 0.6) is 0 Å². The molecular formula is C12H19N3O2S. The molecule has 0 aromatic heterocycles. The summed E-state index contributed by atoms with van der Waals surface area (Å²) in [5.74, 6) is 0. The summed E-state index contributed by atoms with van der Waals surface area (Å²) in [6.07, 6.45) is 2.12. The van der Waals surface area contributed by atoms with Crippen molar-refractivity contribution in [1.29, 1.82) is 0 Å². The molecule has 0 amide bonds. The molecule has 2 rings (SSSR count). The summed E-state index contributed by atoms with van der Waals surface area (Å²) < 4.78 is 25.7. The second-order valence-electron chi connectivity index (χ2n) is 4.40. The highest BCUT2D eigenvalue weighted by Gasteiger charge is 2.15. The predicted molar refractivity (Wildman–Crippen MR) is 72.2 cm³/mol. The van der Waals surface area contributed by atoms with E-state index in [1.807, 2.05) is 6.07 Å². The number of hydrogen-bond donors (Lipinski definition) is 3. The first-order valence-corrected chi connectivity index (χ1v) is 7.61. The molecule has 1 aromatic rings. The third kappa shape index (κ3) is 3.22. The van der Waals surface area contributed by atoms with E-state index in [1.165, 1.54) is 7.05 Å². The molecule has 0 unspecified atom stereocenters. The van der Waals surface area contributed by atoms with Gasteiger partial charge in [-0.15, -0.1) is 0 Å². The molecule has 18 heavy (non-hydrogen) atoms. The van der Waals surface area contributed by atoms with Crippen LogP contribution in [0.25, 0.3) is 0 Å². The van der Waals surface area contributed by atoms with E-state index in [4.69, 9.17) is 0 Å². The Kier molecular flexibility index (Phi) is 4.21. The van der Waals surface area contributed by atoms with Crippen LogP contribution in [0.2, 0.25) is 0 Å². The van der Waals surface area contributed by atoms with E-state index in [0.717, 1.165) is 31.6 Å². The average molecular weight is 269 g/mol. The summed E-state index contributed by atoms with van der Waals surface area (Å²) in [7, 11) is -1.94. The number of piperidine rings is 1. The molecule has 0 atom stereocenters. The third-order valence-electron chi connectivity index (χ3n) is 3.12. The van der Waals surface area contributed by atoms with Crippen LogP contribution in [-0.2, 0) is 10.0 Å². The van der Waals surface area contributed by atoms with E-state index in [0.29, 0.717) is 10.9 Å². The monoisotopic (exact) mass is 269 g/mol. The number of sulfonamides is 1. The number of benzene rings is 1. The Morgan fingerprint density at radius 3 is 2.67 bits per heavy atom. The van der Waals surface area contributed by atoms with Crippen molar-refractivity contribution in [2.24, 2.45) is 0 Å². The fraction of sp³-hybridized carbons (Fsp3) is 0.500. The van der Waals surface area contributed by atoms with Crippen molar-refractivity contribution in [2.45, 2.75) is 23.8 Å². The summed E-state index contributed by atoms with van der Waals surface area (Å²) >= 11 is 0. The minimum Gasteiger partial charge on any atom is -0.382 e. The standard InChI is InChI=1S/C12H19N3O2S/c1-13-18(16,17)12-4-2-3-11(9-12)15-10-5-7-14-8-6-10/h2-4,9-10,13-15H,5-8H2,1H3. The molecule has 0 bridgehead atoms. The van der Waals surface area contributed by atoms with Gasteiger partial charge in [0, 0.05) is 11.7 Å². The van der Waals surface area contributed by atoms with Gasteiger partial charge in [-0.1, -0.05) is 6.07 Å². The average Bonchev–Trinajstić information content (AvgIpc) is 2.40. The lowest BCUT2D eigenvalue weighted by Crippen LogP contribution is -2.35. The summed E-state index contributed by atoms with van der Waals surface area (Å²) in [5.41, 5.74) is 0.859. The Balaban J connectivity index is 2.12. The Morgan fingerprint density at radius 1 is 1.28 bits per heavy atom. The minimum absolute atomic E-state index is 0.295. The molecule has 5 nitrogen and oxygen atoms in total. The van der Waals surface area contributed by atoms with Crippen LogP contribution in [0.3, 0.4) is 0 Å². The number of nitrogens with one attached hydrogen (secondary N) is 3. The molecular weight excluding hydrogens is 250 g/mol. The van der Waals surface area contributed by atoms with Crippen LogP contribution in [-0.4, -0.2) is 34.6 Å². The van der Waals surface area contributed by atoms with Crippen molar-refractivity contribution in [3.8, 4) is 0 Å². The largest absolute Gasteiger partial charge is 0.382 e. The second kappa shape index (κ2) is 5.69. The summed E-state index contributed by atoms with van der Waals surface area (Å²) in [6, 6.07) is 7.34. The van der Waals surface area contributed by atoms with Crippen LogP contribution in [0.4, 0.5) is 5.69 Å². The fourth-order valence-electron chi connectivity index (χ4n) is 2.07. The van der Waals surface area contributed by atoms with Gasteiger partial charge in [-0.2, -0.15) is 0 Å². The predicted octanol–water partition coefficient (Wildman–Crippen LogP) is 0.759. The van der Waals surface area contributed by atoms with E-state index in [-0.39, 0.29) is 0 Å². The van der Waals surface area contributed by atoms with Crippen molar-refractivity contribution in [1.82, 2.24) is 10.0 Å². The fourth-order valence-corrected chi connectivity index (χ4v) is 2.85. The van der Waals surface area contributed by atoms with E-state index < -0.39 is 10.0 Å². The highest BCUT2D eigenvalue weighted by atomic mass is 32.2. The molecule has 1 heterocycles. The zero-order chi connectivity index (χ0) is 13.0. The second-order valence-corrected chi connectivity index (χ2v) is 6.29. The molecule has 1 aliphatic heterocycles. The van der Waals surface area contributed by atoms with E-state index >= 15 is 0 Å². The van der Waals surface area contributed by atoms with Crippen LogP contribution in [0, 0.1) is 0 Å². The van der Waals surface area contributed by atoms with Gasteiger partial charge < -0.3 is 10.6 Å². The van der Waals surface area contributed by atoms with Gasteiger partial charge in [0.05, 0.1) is 4.90 Å². The zero-order valence-corrected chi connectivity index (χ0v) is 11.3. The van der Waals surface area contributed by atoms with Gasteiger partial charge in [0.15, 0.2) is 0 Å². The first-order chi connectivity index (χ1) is 8.62. The number of hydrogen-bond acceptors (Lipinski definition) is 4. The van der Waals surface area contributed by atoms with Crippen LogP contribution in [0.15, 0.2) is 29.2 Å². The van der Waals surface area contributed by atoms with Gasteiger partial charge >= 0.3 is 0 Å². The van der Waals surface area contributed by atoms with E-state index in [1.54, 1.807) is 18.2 Å². The lowest BCUT2D eigenvalue weighted by atomic mass is 10.1. The summed E-state index contributed by atoms with van der Waals surface area (Å²) in [5, 5.41) is 6.68. The highest BCUT2D eigenvalue weighted by molar-refractivity contribution is 7.89. The quantitative estimate of drug-likeness (QED) is 0.755. The van der Waals surface area contributed by atoms with E-state index in [2.05, 4.69) is 15.4 Å². The first-order valence-electron chi connectivity index (χ1n) is 6.13. The van der Waals surface area contributed by atoms with Crippen LogP contribution < -0.4 is 15.4 Å². The molecule has 0 saturated carbocycles. The van der Waals surface area contributed by atoms with Gasteiger partial charge in [0.1, 0.15) is 0 Å². The van der Waals surface area contributed by atoms with Gasteiger partial charge in [-0.3, -0.25) is 0 Å². The van der Waals surface area contributed by atoms with Gasteiger partial charge in [0.2, 0.25) is 10.0 Å². The van der Waals surface area contributed by atoms with Crippen LogP contribution in [0.1, 0.15) is 12.8 Å². The van der Waals surface area contributed by atoms with Gasteiger partial charge in [-0.05, 0) is 51.2 Å². The molecule has 0 spiro atoms. The number of anilines is 1. The van der Waals surface area contributed by atoms with Crippen molar-refractivity contribution < 1.29 is 8.42 Å². The number of rotatable bonds is 4. The van der Waals surface area contributed by atoms with Crippen molar-refractivity contribution in [3.05, 3.63) is 24.3 Å². The SMILES string of the molecule is CNS(=O)(=O)c1cccc(NC2CCNCC2)c1. The molecule has 6 heteroatoms. The Hall–Kier alpha value is -1.11. The topological polar surface area (TPSA) is 70.2 Å².